The summed E-state index contributed by atoms with van der Waals surface area (Å²) in [5, 5.41) is 2.85. The molecule has 6 heteroatoms. The zero-order chi connectivity index (χ0) is 15.7. The fourth-order valence-electron chi connectivity index (χ4n) is 4.02. The Balaban J connectivity index is 1.58. The fourth-order valence-corrected chi connectivity index (χ4v) is 4.02. The Morgan fingerprint density at radius 1 is 1.23 bits per heavy atom. The summed E-state index contributed by atoms with van der Waals surface area (Å²) < 4.78 is 0. The van der Waals surface area contributed by atoms with Gasteiger partial charge in [0.2, 0.25) is 5.91 Å². The number of hydrogen-bond donors (Lipinski definition) is 1. The maximum atomic E-state index is 12.5. The number of imide groups is 1. The minimum Gasteiger partial charge on any atom is -0.340 e. The molecule has 122 valence electrons. The zero-order valence-electron chi connectivity index (χ0n) is 13.3. The van der Waals surface area contributed by atoms with Gasteiger partial charge in [-0.2, -0.15) is 0 Å². The third-order valence-corrected chi connectivity index (χ3v) is 5.38. The molecule has 2 saturated heterocycles. The molecule has 2 aliphatic heterocycles. The minimum atomic E-state index is -0.668. The summed E-state index contributed by atoms with van der Waals surface area (Å²) in [4.78, 5) is 40.1. The number of urea groups is 1. The van der Waals surface area contributed by atoms with Crippen LogP contribution in [0.1, 0.15) is 58.3 Å². The standard InChI is InChI=1S/C16H25N3O3/c1-12-6-2-5-10-18(12)13(20)7-11-19-14(21)16(17-15(19)22)8-3-4-9-16/h12H,2-11H2,1H3,(H,17,22). The molecule has 0 aromatic heterocycles. The zero-order valence-corrected chi connectivity index (χ0v) is 13.3. The van der Waals surface area contributed by atoms with Gasteiger partial charge in [-0.05, 0) is 39.0 Å². The van der Waals surface area contributed by atoms with Crippen LogP contribution in [0, 0.1) is 0 Å². The van der Waals surface area contributed by atoms with Gasteiger partial charge in [0.15, 0.2) is 0 Å². The molecule has 3 rings (SSSR count). The SMILES string of the molecule is CC1CCCCN1C(=O)CCN1C(=O)NC2(CCCC2)C1=O. The molecular weight excluding hydrogens is 282 g/mol. The Hall–Kier alpha value is -1.59. The van der Waals surface area contributed by atoms with E-state index in [1.165, 1.54) is 11.3 Å². The summed E-state index contributed by atoms with van der Waals surface area (Å²) in [6, 6.07) is -0.0584. The van der Waals surface area contributed by atoms with Gasteiger partial charge in [-0.25, -0.2) is 4.79 Å². The lowest BCUT2D eigenvalue weighted by atomic mass is 9.98. The third-order valence-electron chi connectivity index (χ3n) is 5.38. The molecule has 22 heavy (non-hydrogen) atoms. The van der Waals surface area contributed by atoms with Crippen LogP contribution in [0.3, 0.4) is 0 Å². The lowest BCUT2D eigenvalue weighted by Crippen LogP contribution is -2.45. The normalized spacial score (nSPS) is 27.6. The molecule has 0 aromatic carbocycles. The van der Waals surface area contributed by atoms with Crippen molar-refractivity contribution in [1.82, 2.24) is 15.1 Å². The predicted octanol–water partition coefficient (Wildman–Crippen LogP) is 1.64. The molecule has 1 atom stereocenters. The maximum absolute atomic E-state index is 12.5. The van der Waals surface area contributed by atoms with Crippen molar-refractivity contribution in [2.45, 2.75) is 69.9 Å². The van der Waals surface area contributed by atoms with Crippen molar-refractivity contribution in [1.29, 1.82) is 0 Å². The van der Waals surface area contributed by atoms with Crippen LogP contribution in [0.15, 0.2) is 0 Å². The van der Waals surface area contributed by atoms with Gasteiger partial charge in [0.05, 0.1) is 0 Å². The first-order valence-corrected chi connectivity index (χ1v) is 8.47. The van der Waals surface area contributed by atoms with Crippen LogP contribution in [-0.4, -0.2) is 52.3 Å². The Morgan fingerprint density at radius 3 is 2.64 bits per heavy atom. The van der Waals surface area contributed by atoms with Crippen molar-refractivity contribution in [2.24, 2.45) is 0 Å². The number of nitrogens with one attached hydrogen (secondary N) is 1. The van der Waals surface area contributed by atoms with Gasteiger partial charge in [-0.1, -0.05) is 12.8 Å². The Morgan fingerprint density at radius 2 is 1.95 bits per heavy atom. The lowest BCUT2D eigenvalue weighted by Gasteiger charge is -2.33. The van der Waals surface area contributed by atoms with Gasteiger partial charge in [-0.3, -0.25) is 14.5 Å². The first-order chi connectivity index (χ1) is 10.5. The number of rotatable bonds is 3. The molecule has 3 fully saturated rings. The van der Waals surface area contributed by atoms with Crippen molar-refractivity contribution in [3.05, 3.63) is 0 Å². The van der Waals surface area contributed by atoms with E-state index in [0.29, 0.717) is 0 Å². The van der Waals surface area contributed by atoms with E-state index in [1.807, 2.05) is 4.90 Å². The number of nitrogens with zero attached hydrogens (tertiary/aromatic N) is 2. The first-order valence-electron chi connectivity index (χ1n) is 8.47. The first kappa shape index (κ1) is 15.3. The smallest absolute Gasteiger partial charge is 0.325 e. The van der Waals surface area contributed by atoms with E-state index in [1.54, 1.807) is 0 Å². The summed E-state index contributed by atoms with van der Waals surface area (Å²) in [5.74, 6) is -0.0744. The van der Waals surface area contributed by atoms with E-state index < -0.39 is 5.54 Å². The average Bonchev–Trinajstić information content (AvgIpc) is 3.05. The van der Waals surface area contributed by atoms with Crippen LogP contribution >= 0.6 is 0 Å². The highest BCUT2D eigenvalue weighted by Crippen LogP contribution is 2.35. The van der Waals surface area contributed by atoms with Gasteiger partial charge >= 0.3 is 6.03 Å². The molecule has 1 unspecified atom stereocenters. The van der Waals surface area contributed by atoms with Crippen LogP contribution in [0.4, 0.5) is 4.79 Å². The minimum absolute atomic E-state index is 0.0557. The molecule has 4 amide bonds. The van der Waals surface area contributed by atoms with Gasteiger partial charge in [0.1, 0.15) is 5.54 Å². The highest BCUT2D eigenvalue weighted by Gasteiger charge is 2.52. The molecule has 2 heterocycles. The topological polar surface area (TPSA) is 69.7 Å². The summed E-state index contributed by atoms with van der Waals surface area (Å²) in [6.07, 6.45) is 6.89. The fraction of sp³-hybridized carbons (Fsp3) is 0.812. The largest absolute Gasteiger partial charge is 0.340 e. The molecule has 3 aliphatic rings. The van der Waals surface area contributed by atoms with E-state index >= 15 is 0 Å². The lowest BCUT2D eigenvalue weighted by molar-refractivity contribution is -0.135. The molecular formula is C16H25N3O3. The Kier molecular flexibility index (Phi) is 4.10. The second kappa shape index (κ2) is 5.89. The summed E-state index contributed by atoms with van der Waals surface area (Å²) in [7, 11) is 0. The monoisotopic (exact) mass is 307 g/mol. The van der Waals surface area contributed by atoms with Crippen LogP contribution in [0.5, 0.6) is 0 Å². The molecule has 1 aliphatic carbocycles. The summed E-state index contributed by atoms with van der Waals surface area (Å²) in [5.41, 5.74) is -0.668. The second-order valence-electron chi connectivity index (χ2n) is 6.86. The molecule has 1 spiro atoms. The number of carbonyl (C=O) groups excluding carboxylic acids is 3. The maximum Gasteiger partial charge on any atom is 0.325 e. The van der Waals surface area contributed by atoms with E-state index in [4.69, 9.17) is 0 Å². The van der Waals surface area contributed by atoms with Crippen molar-refractivity contribution < 1.29 is 14.4 Å². The third kappa shape index (κ3) is 2.59. The summed E-state index contributed by atoms with van der Waals surface area (Å²) in [6.45, 7) is 3.07. The number of piperidine rings is 1. The number of carbonyl (C=O) groups is 3. The number of amides is 4. The average molecular weight is 307 g/mol. The van der Waals surface area contributed by atoms with Crippen molar-refractivity contribution >= 4 is 17.8 Å². The van der Waals surface area contributed by atoms with Crippen molar-refractivity contribution in [3.63, 3.8) is 0 Å². The van der Waals surface area contributed by atoms with Crippen LogP contribution < -0.4 is 5.32 Å². The molecule has 1 N–H and O–H groups in total. The van der Waals surface area contributed by atoms with Crippen molar-refractivity contribution in [3.8, 4) is 0 Å². The van der Waals surface area contributed by atoms with Crippen LogP contribution in [-0.2, 0) is 9.59 Å². The van der Waals surface area contributed by atoms with Crippen molar-refractivity contribution in [2.75, 3.05) is 13.1 Å². The predicted molar refractivity (Wildman–Crippen MR) is 81.1 cm³/mol. The highest BCUT2D eigenvalue weighted by molar-refractivity contribution is 6.07. The summed E-state index contributed by atoms with van der Waals surface area (Å²) >= 11 is 0. The Bertz CT molecular complexity index is 485. The van der Waals surface area contributed by atoms with Crippen LogP contribution in [0.2, 0.25) is 0 Å². The van der Waals surface area contributed by atoms with E-state index in [9.17, 15) is 14.4 Å². The second-order valence-corrected chi connectivity index (χ2v) is 6.86. The van der Waals surface area contributed by atoms with Gasteiger partial charge in [-0.15, -0.1) is 0 Å². The van der Waals surface area contributed by atoms with Gasteiger partial charge in [0.25, 0.3) is 5.91 Å². The van der Waals surface area contributed by atoms with Gasteiger partial charge in [0, 0.05) is 25.6 Å². The van der Waals surface area contributed by atoms with E-state index in [0.717, 1.165) is 45.1 Å². The van der Waals surface area contributed by atoms with Gasteiger partial charge < -0.3 is 10.2 Å². The highest BCUT2D eigenvalue weighted by atomic mass is 16.2. The molecule has 0 radical (unpaired) electrons. The molecule has 0 bridgehead atoms. The van der Waals surface area contributed by atoms with E-state index in [-0.39, 0.29) is 36.9 Å². The Labute approximate surface area is 131 Å². The molecule has 6 nitrogen and oxygen atoms in total. The molecule has 0 aromatic rings. The van der Waals surface area contributed by atoms with E-state index in [2.05, 4.69) is 12.2 Å². The number of likely N-dealkylation sites (tertiary alicyclic amines) is 1. The van der Waals surface area contributed by atoms with Crippen LogP contribution in [0.25, 0.3) is 0 Å². The number of hydrogen-bond acceptors (Lipinski definition) is 3. The molecule has 1 saturated carbocycles. The quantitative estimate of drug-likeness (QED) is 0.806.